The molecule has 138 valence electrons. The highest BCUT2D eigenvalue weighted by molar-refractivity contribution is 6.02. The fraction of sp³-hybridized carbons (Fsp3) is 0.350. The molecule has 0 radical (unpaired) electrons. The molecule has 1 aliphatic carbocycles. The normalized spacial score (nSPS) is 21.4. The minimum absolute atomic E-state index is 0.0116. The zero-order valence-electron chi connectivity index (χ0n) is 14.8. The Kier molecular flexibility index (Phi) is 5.75. The lowest BCUT2D eigenvalue weighted by molar-refractivity contribution is 0.118. The average molecular weight is 354 g/mol. The van der Waals surface area contributed by atoms with Gasteiger partial charge in [0.1, 0.15) is 11.7 Å². The Morgan fingerprint density at radius 1 is 1.31 bits per heavy atom. The number of allylic oxidation sites excluding steroid dienone is 1. The van der Waals surface area contributed by atoms with Crippen molar-refractivity contribution in [3.05, 3.63) is 60.7 Å². The summed E-state index contributed by atoms with van der Waals surface area (Å²) < 4.78 is 1.93. The number of hydrogen-bond acceptors (Lipinski definition) is 5. The van der Waals surface area contributed by atoms with Crippen LogP contribution in [0.25, 0.3) is 10.9 Å². The molecular formula is C20H26N4O2. The summed E-state index contributed by atoms with van der Waals surface area (Å²) in [6.45, 7) is 4.01. The molecule has 6 heteroatoms. The quantitative estimate of drug-likeness (QED) is 0.489. The lowest BCUT2D eigenvalue weighted by Crippen LogP contribution is -2.33. The van der Waals surface area contributed by atoms with Crippen molar-refractivity contribution in [1.82, 2.24) is 9.88 Å². The summed E-state index contributed by atoms with van der Waals surface area (Å²) in [4.78, 5) is 4.61. The van der Waals surface area contributed by atoms with E-state index in [1.165, 1.54) is 6.20 Å². The first-order valence-corrected chi connectivity index (χ1v) is 8.93. The molecule has 5 N–H and O–H groups in total. The maximum absolute atomic E-state index is 9.62. The van der Waals surface area contributed by atoms with Gasteiger partial charge in [-0.3, -0.25) is 0 Å². The van der Waals surface area contributed by atoms with E-state index in [1.54, 1.807) is 6.08 Å². The van der Waals surface area contributed by atoms with Crippen molar-refractivity contribution in [3.8, 4) is 0 Å². The first kappa shape index (κ1) is 18.2. The third-order valence-corrected chi connectivity index (χ3v) is 4.80. The van der Waals surface area contributed by atoms with Crippen LogP contribution in [0.15, 0.2) is 60.1 Å². The first-order chi connectivity index (χ1) is 12.6. The molecule has 6 nitrogen and oxygen atoms in total. The summed E-state index contributed by atoms with van der Waals surface area (Å²) >= 11 is 0. The monoisotopic (exact) mass is 354 g/mol. The van der Waals surface area contributed by atoms with Crippen molar-refractivity contribution in [1.29, 1.82) is 0 Å². The van der Waals surface area contributed by atoms with E-state index in [2.05, 4.69) is 16.9 Å². The van der Waals surface area contributed by atoms with E-state index in [0.29, 0.717) is 11.7 Å². The predicted octanol–water partition coefficient (Wildman–Crippen LogP) is 2.22. The maximum Gasteiger partial charge on any atom is 0.140 e. The molecule has 1 saturated carbocycles. The smallest absolute Gasteiger partial charge is 0.140 e. The Morgan fingerprint density at radius 3 is 2.77 bits per heavy atom. The molecule has 1 aromatic carbocycles. The van der Waals surface area contributed by atoms with Crippen LogP contribution in [0.2, 0.25) is 0 Å². The summed E-state index contributed by atoms with van der Waals surface area (Å²) in [5.74, 6) is 1.21. The SMILES string of the molecule is C=C(/N=C(\C=C/N)n1ccc2c(CO)cccc21)N[C@H]1CC[C@H](O)CC1. The summed E-state index contributed by atoms with van der Waals surface area (Å²) in [6, 6.07) is 8.03. The molecular weight excluding hydrogens is 328 g/mol. The number of nitrogens with zero attached hydrogens (tertiary/aromatic N) is 2. The minimum Gasteiger partial charge on any atom is -0.404 e. The van der Waals surface area contributed by atoms with Gasteiger partial charge >= 0.3 is 0 Å². The highest BCUT2D eigenvalue weighted by Gasteiger charge is 2.19. The Morgan fingerprint density at radius 2 is 2.08 bits per heavy atom. The van der Waals surface area contributed by atoms with Crippen LogP contribution in [-0.2, 0) is 6.61 Å². The lowest BCUT2D eigenvalue weighted by atomic mass is 9.93. The number of aliphatic imine (C=N–C) groups is 1. The van der Waals surface area contributed by atoms with Crippen LogP contribution in [-0.4, -0.2) is 32.8 Å². The number of fused-ring (bicyclic) bond motifs is 1. The van der Waals surface area contributed by atoms with Gasteiger partial charge in [0.25, 0.3) is 0 Å². The molecule has 2 aromatic rings. The van der Waals surface area contributed by atoms with Crippen LogP contribution in [0, 0.1) is 0 Å². The fourth-order valence-corrected chi connectivity index (χ4v) is 3.45. The van der Waals surface area contributed by atoms with Gasteiger partial charge < -0.3 is 25.8 Å². The number of aliphatic hydroxyl groups excluding tert-OH is 2. The molecule has 0 bridgehead atoms. The van der Waals surface area contributed by atoms with Gasteiger partial charge in [0.2, 0.25) is 0 Å². The summed E-state index contributed by atoms with van der Waals surface area (Å²) in [7, 11) is 0. The van der Waals surface area contributed by atoms with Crippen molar-refractivity contribution >= 4 is 16.7 Å². The zero-order chi connectivity index (χ0) is 18.5. The Balaban J connectivity index is 1.85. The van der Waals surface area contributed by atoms with Crippen LogP contribution in [0.4, 0.5) is 0 Å². The molecule has 0 saturated heterocycles. The van der Waals surface area contributed by atoms with E-state index in [-0.39, 0.29) is 18.8 Å². The van der Waals surface area contributed by atoms with Crippen molar-refractivity contribution < 1.29 is 10.2 Å². The highest BCUT2D eigenvalue weighted by atomic mass is 16.3. The van der Waals surface area contributed by atoms with Gasteiger partial charge in [0.15, 0.2) is 0 Å². The Hall–Kier alpha value is -2.57. The van der Waals surface area contributed by atoms with Crippen LogP contribution in [0.3, 0.4) is 0 Å². The summed E-state index contributed by atoms with van der Waals surface area (Å²) in [6.07, 6.45) is 8.31. The number of nitrogens with one attached hydrogen (secondary N) is 1. The van der Waals surface area contributed by atoms with E-state index in [4.69, 9.17) is 5.73 Å². The summed E-state index contributed by atoms with van der Waals surface area (Å²) in [5.41, 5.74) is 7.44. The largest absolute Gasteiger partial charge is 0.404 e. The van der Waals surface area contributed by atoms with E-state index >= 15 is 0 Å². The molecule has 1 heterocycles. The molecule has 0 atom stereocenters. The zero-order valence-corrected chi connectivity index (χ0v) is 14.8. The molecule has 0 aliphatic heterocycles. The minimum atomic E-state index is -0.187. The molecule has 26 heavy (non-hydrogen) atoms. The number of benzene rings is 1. The molecule has 0 spiro atoms. The van der Waals surface area contributed by atoms with Gasteiger partial charge in [-0.2, -0.15) is 0 Å². The Bertz CT molecular complexity index is 829. The van der Waals surface area contributed by atoms with E-state index in [9.17, 15) is 10.2 Å². The van der Waals surface area contributed by atoms with Gasteiger partial charge in [0, 0.05) is 17.6 Å². The highest BCUT2D eigenvalue weighted by Crippen LogP contribution is 2.22. The van der Waals surface area contributed by atoms with Gasteiger partial charge in [-0.05, 0) is 55.7 Å². The Labute approximate surface area is 153 Å². The summed E-state index contributed by atoms with van der Waals surface area (Å²) in [5, 5.41) is 23.5. The molecule has 1 aliphatic rings. The number of aromatic nitrogens is 1. The predicted molar refractivity (Wildman–Crippen MR) is 105 cm³/mol. The van der Waals surface area contributed by atoms with E-state index in [1.807, 2.05) is 35.0 Å². The number of rotatable bonds is 5. The van der Waals surface area contributed by atoms with Crippen molar-refractivity contribution in [3.63, 3.8) is 0 Å². The van der Waals surface area contributed by atoms with Crippen LogP contribution in [0.1, 0.15) is 31.2 Å². The second kappa shape index (κ2) is 8.21. The van der Waals surface area contributed by atoms with Gasteiger partial charge in [-0.25, -0.2) is 4.99 Å². The molecule has 0 unspecified atom stereocenters. The van der Waals surface area contributed by atoms with E-state index < -0.39 is 0 Å². The fourth-order valence-electron chi connectivity index (χ4n) is 3.45. The van der Waals surface area contributed by atoms with Crippen molar-refractivity contribution in [2.75, 3.05) is 0 Å². The average Bonchev–Trinajstić information content (AvgIpc) is 3.07. The molecule has 3 rings (SSSR count). The van der Waals surface area contributed by atoms with Gasteiger partial charge in [-0.15, -0.1) is 0 Å². The van der Waals surface area contributed by atoms with Gasteiger partial charge in [0.05, 0.1) is 18.2 Å². The molecule has 1 fully saturated rings. The molecule has 1 aromatic heterocycles. The van der Waals surface area contributed by atoms with Crippen LogP contribution >= 0.6 is 0 Å². The van der Waals surface area contributed by atoms with Crippen LogP contribution < -0.4 is 11.1 Å². The molecule has 0 amide bonds. The topological polar surface area (TPSA) is 95.8 Å². The maximum atomic E-state index is 9.62. The number of hydrogen-bond donors (Lipinski definition) is 4. The van der Waals surface area contributed by atoms with Crippen molar-refractivity contribution in [2.45, 2.75) is 44.4 Å². The second-order valence-corrected chi connectivity index (χ2v) is 6.62. The van der Waals surface area contributed by atoms with E-state index in [0.717, 1.165) is 42.1 Å². The lowest BCUT2D eigenvalue weighted by Gasteiger charge is -2.26. The standard InChI is InChI=1S/C20H26N4O2/c1-14(22-16-5-7-17(26)8-6-16)23-20(9-11-21)24-12-10-18-15(13-25)3-2-4-19(18)24/h2-4,9-12,16-17,22,25-26H,1,5-8,13,21H2/b11-9-,23-20+/t16-,17-. The number of nitrogens with two attached hydrogens (primary N) is 1. The van der Waals surface area contributed by atoms with Crippen LogP contribution in [0.5, 0.6) is 0 Å². The second-order valence-electron chi connectivity index (χ2n) is 6.62. The third kappa shape index (κ3) is 3.98. The van der Waals surface area contributed by atoms with Gasteiger partial charge in [-0.1, -0.05) is 18.7 Å². The number of aliphatic hydroxyl groups is 2. The third-order valence-electron chi connectivity index (χ3n) is 4.80. The van der Waals surface area contributed by atoms with Crippen molar-refractivity contribution in [2.24, 2.45) is 10.7 Å². The first-order valence-electron chi connectivity index (χ1n) is 8.93.